The number of benzene rings is 2. The maximum atomic E-state index is 15.0. The van der Waals surface area contributed by atoms with Crippen molar-refractivity contribution < 1.29 is 13.2 Å². The second kappa shape index (κ2) is 13.7. The Balaban J connectivity index is 1.31. The Kier molecular flexibility index (Phi) is 10.3. The summed E-state index contributed by atoms with van der Waals surface area (Å²) < 4.78 is 44.6. The van der Waals surface area contributed by atoms with Crippen molar-refractivity contribution in [2.24, 2.45) is 11.8 Å². The van der Waals surface area contributed by atoms with Gasteiger partial charge in [-0.05, 0) is 111 Å². The minimum atomic E-state index is -0.701. The van der Waals surface area contributed by atoms with Gasteiger partial charge in [0.1, 0.15) is 5.82 Å². The number of rotatable bonds is 10. The van der Waals surface area contributed by atoms with Gasteiger partial charge in [0.2, 0.25) is 0 Å². The third kappa shape index (κ3) is 7.30. The van der Waals surface area contributed by atoms with Crippen LogP contribution < -0.4 is 0 Å². The van der Waals surface area contributed by atoms with Gasteiger partial charge in [0.15, 0.2) is 11.6 Å². The Hall–Kier alpha value is -2.03. The maximum Gasteiger partial charge on any atom is 0.166 e. The van der Waals surface area contributed by atoms with Crippen LogP contribution in [0.4, 0.5) is 13.2 Å². The molecule has 0 aliphatic heterocycles. The molecule has 0 spiro atoms. The molecule has 2 aliphatic rings. The van der Waals surface area contributed by atoms with E-state index in [0.717, 1.165) is 94.1 Å². The molecule has 3 heteroatoms. The summed E-state index contributed by atoms with van der Waals surface area (Å²) in [6.45, 7) is 4.38. The lowest BCUT2D eigenvalue weighted by atomic mass is 9.77. The fourth-order valence-corrected chi connectivity index (χ4v) is 6.66. The largest absolute Gasteiger partial charge is 0.207 e. The Morgan fingerprint density at radius 1 is 0.757 bits per heavy atom. The lowest BCUT2D eigenvalue weighted by Crippen LogP contribution is -2.15. The third-order valence-electron chi connectivity index (χ3n) is 9.04. The van der Waals surface area contributed by atoms with E-state index in [9.17, 15) is 8.78 Å². The zero-order valence-corrected chi connectivity index (χ0v) is 22.9. The molecule has 2 aliphatic carbocycles. The minimum Gasteiger partial charge on any atom is -0.207 e. The summed E-state index contributed by atoms with van der Waals surface area (Å²) in [4.78, 5) is 0. The van der Waals surface area contributed by atoms with Gasteiger partial charge in [0.05, 0.1) is 0 Å². The lowest BCUT2D eigenvalue weighted by molar-refractivity contribution is 0.303. The summed E-state index contributed by atoms with van der Waals surface area (Å²) in [6, 6.07) is 9.42. The van der Waals surface area contributed by atoms with Crippen LogP contribution in [0.2, 0.25) is 0 Å². The average Bonchev–Trinajstić information content (AvgIpc) is 2.92. The first-order valence-corrected chi connectivity index (χ1v) is 14.9. The van der Waals surface area contributed by atoms with Crippen LogP contribution in [-0.2, 0) is 6.42 Å². The molecule has 0 heterocycles. The van der Waals surface area contributed by atoms with Crippen molar-refractivity contribution in [3.63, 3.8) is 0 Å². The highest BCUT2D eigenvalue weighted by molar-refractivity contribution is 5.52. The first-order valence-electron chi connectivity index (χ1n) is 14.9. The van der Waals surface area contributed by atoms with Gasteiger partial charge >= 0.3 is 0 Å². The fraction of sp³-hybridized carbons (Fsp3) is 0.588. The molecule has 0 unspecified atom stereocenters. The zero-order chi connectivity index (χ0) is 26.2. The Morgan fingerprint density at radius 2 is 1.49 bits per heavy atom. The SMILES string of the molecule is CCCCCc1ccc(C2CCC(C=Cc3ccc(C4CCC(CCC)CC4)c(F)c3F)CC2)cc1F. The molecule has 202 valence electrons. The van der Waals surface area contributed by atoms with E-state index in [4.69, 9.17) is 0 Å². The molecule has 0 atom stereocenters. The van der Waals surface area contributed by atoms with Crippen LogP contribution in [0.15, 0.2) is 36.4 Å². The second-order valence-corrected chi connectivity index (χ2v) is 11.7. The van der Waals surface area contributed by atoms with Crippen molar-refractivity contribution in [3.8, 4) is 0 Å². The van der Waals surface area contributed by atoms with Crippen molar-refractivity contribution in [3.05, 3.63) is 76.1 Å². The average molecular weight is 511 g/mol. The molecule has 0 radical (unpaired) electrons. The fourth-order valence-electron chi connectivity index (χ4n) is 6.66. The van der Waals surface area contributed by atoms with E-state index in [1.54, 1.807) is 18.2 Å². The summed E-state index contributed by atoms with van der Waals surface area (Å²) in [5.41, 5.74) is 2.85. The van der Waals surface area contributed by atoms with Gasteiger partial charge < -0.3 is 0 Å². The predicted molar refractivity (Wildman–Crippen MR) is 149 cm³/mol. The van der Waals surface area contributed by atoms with Crippen LogP contribution in [0.1, 0.15) is 131 Å². The highest BCUT2D eigenvalue weighted by Crippen LogP contribution is 2.40. The lowest BCUT2D eigenvalue weighted by Gasteiger charge is -2.29. The first-order chi connectivity index (χ1) is 18.0. The van der Waals surface area contributed by atoms with Crippen LogP contribution in [0.25, 0.3) is 6.08 Å². The van der Waals surface area contributed by atoms with Crippen LogP contribution in [0.3, 0.4) is 0 Å². The van der Waals surface area contributed by atoms with E-state index in [2.05, 4.69) is 26.0 Å². The number of hydrogen-bond donors (Lipinski definition) is 0. The number of hydrogen-bond acceptors (Lipinski definition) is 0. The summed E-state index contributed by atoms with van der Waals surface area (Å²) in [5, 5.41) is 0. The van der Waals surface area contributed by atoms with Crippen molar-refractivity contribution >= 4 is 6.08 Å². The van der Waals surface area contributed by atoms with E-state index in [1.807, 2.05) is 12.1 Å². The maximum absolute atomic E-state index is 15.0. The normalized spacial score (nSPS) is 24.6. The predicted octanol–water partition coefficient (Wildman–Crippen LogP) is 10.9. The van der Waals surface area contributed by atoms with E-state index in [-0.39, 0.29) is 11.7 Å². The molecule has 0 bridgehead atoms. The standard InChI is InChI=1S/C34H45F3/c1-3-5-6-8-28-19-20-30(23-32(28)35)26-14-9-25(10-15-26)13-18-29-21-22-31(34(37)33(29)36)27-16-11-24(7-4-2)12-17-27/h13,18-27H,3-12,14-17H2,1-2H3. The molecule has 37 heavy (non-hydrogen) atoms. The Morgan fingerprint density at radius 3 is 2.16 bits per heavy atom. The Bertz CT molecular complexity index is 1020. The topological polar surface area (TPSA) is 0 Å². The highest BCUT2D eigenvalue weighted by Gasteiger charge is 2.26. The second-order valence-electron chi connectivity index (χ2n) is 11.7. The minimum absolute atomic E-state index is 0.0643. The number of allylic oxidation sites excluding steroid dienone is 1. The monoisotopic (exact) mass is 510 g/mol. The van der Waals surface area contributed by atoms with Crippen LogP contribution in [-0.4, -0.2) is 0 Å². The van der Waals surface area contributed by atoms with Crippen LogP contribution in [0.5, 0.6) is 0 Å². The summed E-state index contributed by atoms with van der Waals surface area (Å²) in [5.74, 6) is 0.213. The highest BCUT2D eigenvalue weighted by atomic mass is 19.2. The van der Waals surface area contributed by atoms with Crippen molar-refractivity contribution in [2.75, 3.05) is 0 Å². The Labute approximate surface area is 222 Å². The third-order valence-corrected chi connectivity index (χ3v) is 9.04. The van der Waals surface area contributed by atoms with E-state index < -0.39 is 11.6 Å². The van der Waals surface area contributed by atoms with Crippen LogP contribution >= 0.6 is 0 Å². The molecule has 0 saturated heterocycles. The van der Waals surface area contributed by atoms with E-state index in [0.29, 0.717) is 23.0 Å². The van der Waals surface area contributed by atoms with Gasteiger partial charge in [-0.3, -0.25) is 0 Å². The molecule has 0 nitrogen and oxygen atoms in total. The molecule has 2 aromatic carbocycles. The zero-order valence-electron chi connectivity index (χ0n) is 22.9. The van der Waals surface area contributed by atoms with Gasteiger partial charge in [-0.25, -0.2) is 13.2 Å². The quantitative estimate of drug-likeness (QED) is 0.279. The number of unbranched alkanes of at least 4 members (excludes halogenated alkanes) is 2. The molecule has 2 fully saturated rings. The number of aryl methyl sites for hydroxylation is 1. The van der Waals surface area contributed by atoms with E-state index >= 15 is 4.39 Å². The molecule has 4 rings (SSSR count). The summed E-state index contributed by atoms with van der Waals surface area (Å²) in [6.07, 6.45) is 18.6. The van der Waals surface area contributed by atoms with E-state index in [1.165, 1.54) is 12.8 Å². The van der Waals surface area contributed by atoms with Gasteiger partial charge in [-0.1, -0.05) is 75.9 Å². The summed E-state index contributed by atoms with van der Waals surface area (Å²) >= 11 is 0. The molecular formula is C34H45F3. The van der Waals surface area contributed by atoms with Crippen LogP contribution in [0, 0.1) is 29.3 Å². The van der Waals surface area contributed by atoms with Gasteiger partial charge in [-0.15, -0.1) is 0 Å². The number of halogens is 3. The molecule has 0 N–H and O–H groups in total. The van der Waals surface area contributed by atoms with Gasteiger partial charge in [-0.2, -0.15) is 0 Å². The van der Waals surface area contributed by atoms with Crippen molar-refractivity contribution in [1.29, 1.82) is 0 Å². The first kappa shape index (κ1) is 28.0. The van der Waals surface area contributed by atoms with Crippen molar-refractivity contribution in [2.45, 2.75) is 116 Å². The molecule has 2 aromatic rings. The summed E-state index contributed by atoms with van der Waals surface area (Å²) in [7, 11) is 0. The van der Waals surface area contributed by atoms with Gasteiger partial charge in [0.25, 0.3) is 0 Å². The molecule has 2 saturated carbocycles. The molecule has 0 aromatic heterocycles. The smallest absolute Gasteiger partial charge is 0.166 e. The molecular weight excluding hydrogens is 465 g/mol. The van der Waals surface area contributed by atoms with Gasteiger partial charge in [0, 0.05) is 5.56 Å². The molecule has 0 amide bonds. The van der Waals surface area contributed by atoms with Crippen molar-refractivity contribution in [1.82, 2.24) is 0 Å².